The van der Waals surface area contributed by atoms with E-state index in [0.717, 1.165) is 0 Å². The molecule has 0 saturated heterocycles. The maximum atomic E-state index is 12.2. The monoisotopic (exact) mass is 308 g/mol. The molecule has 2 amide bonds. The molecule has 2 rings (SSSR count). The molecule has 0 spiro atoms. The lowest BCUT2D eigenvalue weighted by molar-refractivity contribution is -0.130. The second kappa shape index (κ2) is 6.82. The summed E-state index contributed by atoms with van der Waals surface area (Å²) in [5, 5.41) is 10.2. The largest absolute Gasteiger partial charge is 0.349 e. The minimum atomic E-state index is -0.197. The Kier molecular flexibility index (Phi) is 5.08. The predicted molar refractivity (Wildman–Crippen MR) is 83.2 cm³/mol. The van der Waals surface area contributed by atoms with Crippen molar-refractivity contribution in [3.05, 3.63) is 22.4 Å². The molecule has 1 aliphatic rings. The second-order valence-electron chi connectivity index (χ2n) is 5.17. The van der Waals surface area contributed by atoms with Crippen molar-refractivity contribution in [3.63, 3.8) is 0 Å². The van der Waals surface area contributed by atoms with E-state index in [9.17, 15) is 9.59 Å². The molecule has 114 valence electrons. The number of rotatable bonds is 5. The van der Waals surface area contributed by atoms with Gasteiger partial charge in [-0.2, -0.15) is 5.10 Å². The SMILES string of the molecule is CN1N=C(C(=O)NC[C@H](c2cccs2)N(C)C)CCC1=O. The topological polar surface area (TPSA) is 65.0 Å². The van der Waals surface area contributed by atoms with E-state index in [1.54, 1.807) is 18.4 Å². The number of thiophene rings is 1. The molecule has 0 aliphatic carbocycles. The van der Waals surface area contributed by atoms with Gasteiger partial charge in [-0.05, 0) is 25.5 Å². The second-order valence-corrected chi connectivity index (χ2v) is 6.15. The molecule has 7 heteroatoms. The van der Waals surface area contributed by atoms with Crippen molar-refractivity contribution in [1.82, 2.24) is 15.2 Å². The van der Waals surface area contributed by atoms with Gasteiger partial charge in [0.2, 0.25) is 5.91 Å². The predicted octanol–water partition coefficient (Wildman–Crippen LogP) is 1.08. The summed E-state index contributed by atoms with van der Waals surface area (Å²) in [5.41, 5.74) is 0.417. The maximum Gasteiger partial charge on any atom is 0.267 e. The highest BCUT2D eigenvalue weighted by atomic mass is 32.1. The minimum absolute atomic E-state index is 0.0590. The zero-order valence-corrected chi connectivity index (χ0v) is 13.3. The number of hydrazone groups is 1. The van der Waals surface area contributed by atoms with Crippen LogP contribution >= 0.6 is 11.3 Å². The van der Waals surface area contributed by atoms with Crippen molar-refractivity contribution in [1.29, 1.82) is 0 Å². The van der Waals surface area contributed by atoms with Gasteiger partial charge >= 0.3 is 0 Å². The van der Waals surface area contributed by atoms with Gasteiger partial charge in [0.15, 0.2) is 0 Å². The van der Waals surface area contributed by atoms with E-state index >= 15 is 0 Å². The Bertz CT molecular complexity index is 539. The van der Waals surface area contributed by atoms with Crippen molar-refractivity contribution in [3.8, 4) is 0 Å². The molecule has 0 fully saturated rings. The van der Waals surface area contributed by atoms with Crippen LogP contribution in [0, 0.1) is 0 Å². The van der Waals surface area contributed by atoms with Gasteiger partial charge in [0.1, 0.15) is 5.71 Å². The molecule has 1 aromatic rings. The highest BCUT2D eigenvalue weighted by Crippen LogP contribution is 2.22. The summed E-state index contributed by atoms with van der Waals surface area (Å²) in [6.45, 7) is 0.517. The van der Waals surface area contributed by atoms with Gasteiger partial charge in [-0.25, -0.2) is 5.01 Å². The molecule has 6 nitrogen and oxygen atoms in total. The Morgan fingerprint density at radius 1 is 1.52 bits per heavy atom. The summed E-state index contributed by atoms with van der Waals surface area (Å²) < 4.78 is 0. The first-order valence-corrected chi connectivity index (χ1v) is 7.69. The lowest BCUT2D eigenvalue weighted by Gasteiger charge is -2.24. The normalized spacial score (nSPS) is 16.9. The van der Waals surface area contributed by atoms with Gasteiger partial charge in [0.05, 0.1) is 6.04 Å². The summed E-state index contributed by atoms with van der Waals surface area (Å²) in [5.74, 6) is -0.256. The van der Waals surface area contributed by atoms with E-state index in [2.05, 4.69) is 21.4 Å². The first-order chi connectivity index (χ1) is 9.99. The molecule has 1 aromatic heterocycles. The van der Waals surface area contributed by atoms with Crippen molar-refractivity contribution in [2.45, 2.75) is 18.9 Å². The number of hydrogen-bond donors (Lipinski definition) is 1. The number of amides is 2. The van der Waals surface area contributed by atoms with Crippen LogP contribution in [0.5, 0.6) is 0 Å². The molecule has 1 atom stereocenters. The van der Waals surface area contributed by atoms with E-state index in [1.165, 1.54) is 9.89 Å². The smallest absolute Gasteiger partial charge is 0.267 e. The number of likely N-dealkylation sites (N-methyl/N-ethyl adjacent to an activating group) is 1. The van der Waals surface area contributed by atoms with Gasteiger partial charge in [-0.3, -0.25) is 9.59 Å². The van der Waals surface area contributed by atoms with Crippen molar-refractivity contribution >= 4 is 28.9 Å². The van der Waals surface area contributed by atoms with Gasteiger partial charge in [-0.15, -0.1) is 11.3 Å². The van der Waals surface area contributed by atoms with Crippen molar-refractivity contribution in [2.75, 3.05) is 27.7 Å². The van der Waals surface area contributed by atoms with Crippen molar-refractivity contribution in [2.24, 2.45) is 5.10 Å². The fourth-order valence-electron chi connectivity index (χ4n) is 2.14. The first-order valence-electron chi connectivity index (χ1n) is 6.81. The molecule has 0 radical (unpaired) electrons. The fraction of sp³-hybridized carbons (Fsp3) is 0.500. The number of hydrogen-bond acceptors (Lipinski definition) is 5. The third-order valence-corrected chi connectivity index (χ3v) is 4.39. The molecule has 1 aliphatic heterocycles. The molecule has 21 heavy (non-hydrogen) atoms. The van der Waals surface area contributed by atoms with Gasteiger partial charge in [0, 0.05) is 31.3 Å². The van der Waals surface area contributed by atoms with Gasteiger partial charge in [-0.1, -0.05) is 6.07 Å². The Balaban J connectivity index is 1.97. The van der Waals surface area contributed by atoms with Crippen LogP contribution in [0.3, 0.4) is 0 Å². The van der Waals surface area contributed by atoms with Crippen molar-refractivity contribution < 1.29 is 9.59 Å². The fourth-order valence-corrected chi connectivity index (χ4v) is 3.07. The molecule has 0 bridgehead atoms. The minimum Gasteiger partial charge on any atom is -0.349 e. The number of nitrogens with one attached hydrogen (secondary N) is 1. The third-order valence-electron chi connectivity index (χ3n) is 3.42. The van der Waals surface area contributed by atoms with Crippen LogP contribution in [-0.2, 0) is 9.59 Å². The van der Waals surface area contributed by atoms with Crippen LogP contribution in [0.15, 0.2) is 22.6 Å². The molecule has 0 unspecified atom stereocenters. The van der Waals surface area contributed by atoms with Crippen LogP contribution in [0.2, 0.25) is 0 Å². The number of carbonyl (C=O) groups is 2. The third kappa shape index (κ3) is 3.89. The summed E-state index contributed by atoms with van der Waals surface area (Å²) in [6.07, 6.45) is 0.741. The summed E-state index contributed by atoms with van der Waals surface area (Å²) in [4.78, 5) is 26.8. The van der Waals surface area contributed by atoms with E-state index in [1.807, 2.05) is 25.5 Å². The van der Waals surface area contributed by atoms with Crippen LogP contribution in [-0.4, -0.2) is 55.1 Å². The average Bonchev–Trinajstić information content (AvgIpc) is 2.95. The molecular weight excluding hydrogens is 288 g/mol. The van der Waals surface area contributed by atoms with Gasteiger partial charge < -0.3 is 10.2 Å². The van der Waals surface area contributed by atoms with Crippen LogP contribution in [0.4, 0.5) is 0 Å². The van der Waals surface area contributed by atoms with E-state index in [-0.39, 0.29) is 17.9 Å². The Morgan fingerprint density at radius 3 is 2.86 bits per heavy atom. The van der Waals surface area contributed by atoms with Crippen LogP contribution in [0.1, 0.15) is 23.8 Å². The molecule has 0 saturated carbocycles. The molecular formula is C14H20N4O2S. The average molecular weight is 308 g/mol. The first kappa shape index (κ1) is 15.7. The maximum absolute atomic E-state index is 12.2. The zero-order valence-electron chi connectivity index (χ0n) is 12.5. The summed E-state index contributed by atoms with van der Waals surface area (Å²) >= 11 is 1.67. The quantitative estimate of drug-likeness (QED) is 0.885. The lowest BCUT2D eigenvalue weighted by atomic mass is 10.1. The zero-order chi connectivity index (χ0) is 15.4. The molecule has 0 aromatic carbocycles. The Hall–Kier alpha value is -1.73. The number of nitrogens with zero attached hydrogens (tertiary/aromatic N) is 3. The van der Waals surface area contributed by atoms with Gasteiger partial charge in [0.25, 0.3) is 5.91 Å². The van der Waals surface area contributed by atoms with Crippen LogP contribution < -0.4 is 5.32 Å². The van der Waals surface area contributed by atoms with Crippen LogP contribution in [0.25, 0.3) is 0 Å². The lowest BCUT2D eigenvalue weighted by Crippen LogP contribution is -2.40. The van der Waals surface area contributed by atoms with E-state index < -0.39 is 0 Å². The number of carbonyl (C=O) groups excluding carboxylic acids is 2. The van der Waals surface area contributed by atoms with E-state index in [0.29, 0.717) is 25.1 Å². The van der Waals surface area contributed by atoms with E-state index in [4.69, 9.17) is 0 Å². The molecule has 1 N–H and O–H groups in total. The molecule has 2 heterocycles. The summed E-state index contributed by atoms with van der Waals surface area (Å²) in [6, 6.07) is 4.20. The standard InChI is InChI=1S/C14H20N4O2S/c1-17(2)11(12-5-4-8-21-12)9-15-14(20)10-6-7-13(19)18(3)16-10/h4-5,8,11H,6-7,9H2,1-3H3,(H,15,20)/t11-/m1/s1. The Morgan fingerprint density at radius 2 is 2.29 bits per heavy atom. The highest BCUT2D eigenvalue weighted by Gasteiger charge is 2.23. The summed E-state index contributed by atoms with van der Waals surface area (Å²) in [7, 11) is 5.55. The highest BCUT2D eigenvalue weighted by molar-refractivity contribution is 7.10. The Labute approximate surface area is 128 Å².